The van der Waals surface area contributed by atoms with E-state index in [1.165, 1.54) is 23.3 Å². The normalized spacial score (nSPS) is 14.7. The molecule has 0 fully saturated rings. The van der Waals surface area contributed by atoms with E-state index in [-0.39, 0.29) is 11.1 Å². The van der Waals surface area contributed by atoms with Crippen molar-refractivity contribution in [2.75, 3.05) is 0 Å². The van der Waals surface area contributed by atoms with Crippen LogP contribution in [-0.2, 0) is 24.4 Å². The molecule has 0 spiro atoms. The number of hydrogen-bond acceptors (Lipinski definition) is 3. The molecule has 0 amide bonds. The highest BCUT2D eigenvalue weighted by Gasteiger charge is 2.15. The van der Waals surface area contributed by atoms with Gasteiger partial charge in [0, 0.05) is 12.1 Å². The van der Waals surface area contributed by atoms with Crippen molar-refractivity contribution >= 4 is 17.3 Å². The molecule has 0 bridgehead atoms. The topological polar surface area (TPSA) is 52.4 Å². The molecule has 0 aromatic heterocycles. The Labute approximate surface area is 127 Å². The van der Waals surface area contributed by atoms with E-state index in [0.717, 1.165) is 11.1 Å². The molecular formula is C16H14ClNO3. The minimum atomic E-state index is -0.400. The van der Waals surface area contributed by atoms with Gasteiger partial charge in [-0.25, -0.2) is 0 Å². The van der Waals surface area contributed by atoms with Gasteiger partial charge in [-0.05, 0) is 28.7 Å². The number of rotatable bonds is 4. The van der Waals surface area contributed by atoms with Crippen molar-refractivity contribution in [3.8, 4) is 0 Å². The molecule has 0 saturated heterocycles. The largest absolute Gasteiger partial charge is 0.372 e. The quantitative estimate of drug-likeness (QED) is 0.484. The number of alkyl halides is 1. The van der Waals surface area contributed by atoms with Crippen LogP contribution in [-0.4, -0.2) is 4.92 Å². The van der Waals surface area contributed by atoms with Gasteiger partial charge in [-0.3, -0.25) is 10.1 Å². The lowest BCUT2D eigenvalue weighted by Crippen LogP contribution is -1.98. The van der Waals surface area contributed by atoms with Crippen LogP contribution in [0.4, 0.5) is 5.69 Å². The van der Waals surface area contributed by atoms with Crippen LogP contribution in [0.5, 0.6) is 0 Å². The van der Waals surface area contributed by atoms with Crippen LogP contribution < -0.4 is 0 Å². The summed E-state index contributed by atoms with van der Waals surface area (Å²) < 4.78 is 5.40. The van der Waals surface area contributed by atoms with Crippen molar-refractivity contribution < 1.29 is 9.66 Å². The van der Waals surface area contributed by atoms with Gasteiger partial charge in [0.25, 0.3) is 5.69 Å². The Morgan fingerprint density at radius 1 is 1.14 bits per heavy atom. The van der Waals surface area contributed by atoms with Gasteiger partial charge < -0.3 is 4.74 Å². The van der Waals surface area contributed by atoms with Gasteiger partial charge in [0.05, 0.1) is 23.5 Å². The predicted octanol–water partition coefficient (Wildman–Crippen LogP) is 4.15. The molecule has 2 aromatic rings. The van der Waals surface area contributed by atoms with E-state index < -0.39 is 4.92 Å². The summed E-state index contributed by atoms with van der Waals surface area (Å²) in [5.74, 6) is 0. The zero-order valence-corrected chi connectivity index (χ0v) is 12.0. The summed E-state index contributed by atoms with van der Waals surface area (Å²) in [4.78, 5) is 10.2. The minimum Gasteiger partial charge on any atom is -0.372 e. The van der Waals surface area contributed by atoms with Gasteiger partial charge in [-0.2, -0.15) is 0 Å². The lowest BCUT2D eigenvalue weighted by atomic mass is 10.00. The van der Waals surface area contributed by atoms with Gasteiger partial charge in [0.15, 0.2) is 0 Å². The molecule has 0 radical (unpaired) electrons. The first-order valence-electron chi connectivity index (χ1n) is 6.70. The number of ether oxygens (including phenoxy) is 1. The molecule has 108 valence electrons. The number of hydrogen-bond donors (Lipinski definition) is 0. The first-order chi connectivity index (χ1) is 10.1. The maximum atomic E-state index is 10.6. The third-order valence-electron chi connectivity index (χ3n) is 3.67. The third-order valence-corrected chi connectivity index (χ3v) is 4.08. The summed E-state index contributed by atoms with van der Waals surface area (Å²) >= 11 is 6.47. The van der Waals surface area contributed by atoms with Gasteiger partial charge in [-0.15, -0.1) is 11.6 Å². The molecule has 0 N–H and O–H groups in total. The lowest BCUT2D eigenvalue weighted by molar-refractivity contribution is -0.384. The highest BCUT2D eigenvalue weighted by atomic mass is 35.5. The molecule has 1 atom stereocenters. The first-order valence-corrected chi connectivity index (χ1v) is 7.14. The maximum Gasteiger partial charge on any atom is 0.269 e. The Kier molecular flexibility index (Phi) is 3.90. The van der Waals surface area contributed by atoms with Crippen LogP contribution >= 0.6 is 11.6 Å². The van der Waals surface area contributed by atoms with Crippen LogP contribution in [0.15, 0.2) is 42.5 Å². The zero-order valence-electron chi connectivity index (χ0n) is 11.3. The molecule has 1 aliphatic rings. The Morgan fingerprint density at radius 2 is 1.86 bits per heavy atom. The molecule has 1 heterocycles. The van der Waals surface area contributed by atoms with Crippen molar-refractivity contribution in [1.82, 2.24) is 0 Å². The second-order valence-corrected chi connectivity index (χ2v) is 5.64. The molecule has 4 nitrogen and oxygen atoms in total. The van der Waals surface area contributed by atoms with Crippen molar-refractivity contribution in [1.29, 1.82) is 0 Å². The monoisotopic (exact) mass is 303 g/mol. The number of halogens is 1. The van der Waals surface area contributed by atoms with Gasteiger partial charge >= 0.3 is 0 Å². The smallest absolute Gasteiger partial charge is 0.269 e. The number of fused-ring (bicyclic) bond motifs is 1. The SMILES string of the molecule is O=[N+]([O-])c1ccc(CC(Cl)c2ccc3c(c2)COC3)cc1. The number of nitro benzene ring substituents is 1. The first kappa shape index (κ1) is 14.0. The summed E-state index contributed by atoms with van der Waals surface area (Å²) in [6, 6.07) is 12.7. The average molecular weight is 304 g/mol. The summed E-state index contributed by atoms with van der Waals surface area (Å²) in [7, 11) is 0. The van der Waals surface area contributed by atoms with Crippen molar-refractivity contribution in [2.24, 2.45) is 0 Å². The van der Waals surface area contributed by atoms with Crippen LogP contribution in [0.1, 0.15) is 27.6 Å². The molecule has 3 rings (SSSR count). The number of non-ortho nitro benzene ring substituents is 1. The maximum absolute atomic E-state index is 10.6. The molecule has 2 aromatic carbocycles. The molecule has 1 unspecified atom stereocenters. The highest BCUT2D eigenvalue weighted by molar-refractivity contribution is 6.20. The fourth-order valence-corrected chi connectivity index (χ4v) is 2.78. The summed E-state index contributed by atoms with van der Waals surface area (Å²) in [6.07, 6.45) is 0.638. The van der Waals surface area contributed by atoms with E-state index >= 15 is 0 Å². The highest BCUT2D eigenvalue weighted by Crippen LogP contribution is 2.29. The van der Waals surface area contributed by atoms with Gasteiger partial charge in [0.1, 0.15) is 0 Å². The average Bonchev–Trinajstić information content (AvgIpc) is 2.95. The van der Waals surface area contributed by atoms with Crippen molar-refractivity contribution in [2.45, 2.75) is 25.0 Å². The van der Waals surface area contributed by atoms with Crippen molar-refractivity contribution in [3.05, 3.63) is 74.8 Å². The van der Waals surface area contributed by atoms with E-state index in [1.807, 2.05) is 6.07 Å². The Hall–Kier alpha value is -1.91. The molecule has 1 aliphatic heterocycles. The minimum absolute atomic E-state index is 0.0968. The third kappa shape index (κ3) is 3.06. The van der Waals surface area contributed by atoms with Gasteiger partial charge in [-0.1, -0.05) is 30.3 Å². The Bertz CT molecular complexity index is 670. The standard InChI is InChI=1S/C16H14ClNO3/c17-16(7-11-1-5-15(6-2-11)18(19)20)12-3-4-13-9-21-10-14(13)8-12/h1-6,8,16H,7,9-10H2. The van der Waals surface area contributed by atoms with Crippen LogP contribution in [0.3, 0.4) is 0 Å². The summed E-state index contributed by atoms with van der Waals surface area (Å²) in [5.41, 5.74) is 4.55. The van der Waals surface area contributed by atoms with Crippen molar-refractivity contribution in [3.63, 3.8) is 0 Å². The molecular weight excluding hydrogens is 290 g/mol. The van der Waals surface area contributed by atoms with E-state index in [9.17, 15) is 10.1 Å². The van der Waals surface area contributed by atoms with E-state index in [2.05, 4.69) is 12.1 Å². The fourth-order valence-electron chi connectivity index (χ4n) is 2.47. The fraction of sp³-hybridized carbons (Fsp3) is 0.250. The second-order valence-electron chi connectivity index (χ2n) is 5.12. The summed E-state index contributed by atoms with van der Waals surface area (Å²) in [6.45, 7) is 1.31. The van der Waals surface area contributed by atoms with Gasteiger partial charge in [0.2, 0.25) is 0 Å². The van der Waals surface area contributed by atoms with E-state index in [1.54, 1.807) is 12.1 Å². The Balaban J connectivity index is 1.73. The van der Waals surface area contributed by atoms with Crippen LogP contribution in [0, 0.1) is 10.1 Å². The number of nitro groups is 1. The van der Waals surface area contributed by atoms with E-state index in [0.29, 0.717) is 19.6 Å². The Morgan fingerprint density at radius 3 is 2.57 bits per heavy atom. The molecule has 21 heavy (non-hydrogen) atoms. The van der Waals surface area contributed by atoms with E-state index in [4.69, 9.17) is 16.3 Å². The number of benzene rings is 2. The second kappa shape index (κ2) is 5.84. The lowest BCUT2D eigenvalue weighted by Gasteiger charge is -2.11. The molecule has 0 saturated carbocycles. The summed E-state index contributed by atoms with van der Waals surface area (Å²) in [5, 5.41) is 10.5. The zero-order chi connectivity index (χ0) is 14.8. The molecule has 5 heteroatoms. The van der Waals surface area contributed by atoms with Crippen LogP contribution in [0.25, 0.3) is 0 Å². The number of nitrogens with zero attached hydrogens (tertiary/aromatic N) is 1. The van der Waals surface area contributed by atoms with Crippen LogP contribution in [0.2, 0.25) is 0 Å². The predicted molar refractivity (Wildman–Crippen MR) is 80.3 cm³/mol. The molecule has 0 aliphatic carbocycles.